The fourth-order valence-electron chi connectivity index (χ4n) is 8.98. The summed E-state index contributed by atoms with van der Waals surface area (Å²) in [6.45, 7) is 14.9. The van der Waals surface area contributed by atoms with Crippen LogP contribution in [-0.2, 0) is 41.9 Å². The van der Waals surface area contributed by atoms with E-state index in [-0.39, 0.29) is 98.6 Å². The summed E-state index contributed by atoms with van der Waals surface area (Å²) in [5.74, 6) is -3.40. The van der Waals surface area contributed by atoms with E-state index >= 15 is 0 Å². The number of amides is 8. The summed E-state index contributed by atoms with van der Waals surface area (Å²) >= 11 is 0. The van der Waals surface area contributed by atoms with Gasteiger partial charge in [0.05, 0.1) is 12.1 Å². The molecule has 2 aliphatic rings. The Bertz CT molecular complexity index is 2270. The lowest BCUT2D eigenvalue weighted by molar-refractivity contribution is -0.147. The number of carbonyl (C=O) groups is 8. The summed E-state index contributed by atoms with van der Waals surface area (Å²) in [4.78, 5) is 118. The van der Waals surface area contributed by atoms with E-state index in [0.717, 1.165) is 11.1 Å². The van der Waals surface area contributed by atoms with Crippen LogP contribution in [0.4, 0.5) is 0 Å². The summed E-state index contributed by atoms with van der Waals surface area (Å²) in [6.07, 6.45) is 0.192. The first-order valence-corrected chi connectivity index (χ1v) is 24.7. The first-order chi connectivity index (χ1) is 33.8. The zero-order valence-electron chi connectivity index (χ0n) is 44.8. The van der Waals surface area contributed by atoms with Gasteiger partial charge in [-0.05, 0) is 80.9 Å². The van der Waals surface area contributed by atoms with Gasteiger partial charge in [-0.1, -0.05) is 108 Å². The van der Waals surface area contributed by atoms with Crippen molar-refractivity contribution in [3.63, 3.8) is 0 Å². The lowest BCUT2D eigenvalue weighted by Crippen LogP contribution is -2.59. The lowest BCUT2D eigenvalue weighted by atomic mass is 9.85. The summed E-state index contributed by atoms with van der Waals surface area (Å²) in [7, 11) is 6.61. The van der Waals surface area contributed by atoms with E-state index in [4.69, 9.17) is 0 Å². The Kier molecular flexibility index (Phi) is 22.6. The fraction of sp³-hybridized carbons (Fsp3) is 0.519. The first-order valence-electron chi connectivity index (χ1n) is 24.7. The van der Waals surface area contributed by atoms with Gasteiger partial charge in [-0.3, -0.25) is 38.4 Å². The molecule has 0 spiro atoms. The topological polar surface area (TPSA) is 222 Å². The number of hydrogen-bond donors (Lipinski definition) is 6. The molecule has 0 aliphatic carbocycles. The van der Waals surface area contributed by atoms with E-state index in [2.05, 4.69) is 31.9 Å². The van der Waals surface area contributed by atoms with E-state index < -0.39 is 82.8 Å². The van der Waals surface area contributed by atoms with Gasteiger partial charge in [0.1, 0.15) is 24.2 Å². The number of nitrogens with one attached hydrogen (secondary N) is 6. The van der Waals surface area contributed by atoms with Crippen LogP contribution in [-0.4, -0.2) is 156 Å². The molecule has 18 nitrogen and oxygen atoms in total. The molecular formula is C54H78Cl2N10O8. The molecule has 2 heterocycles. The van der Waals surface area contributed by atoms with Crippen molar-refractivity contribution in [3.05, 3.63) is 107 Å². The minimum Gasteiger partial charge on any atom is -0.347 e. The fourth-order valence-corrected chi connectivity index (χ4v) is 8.98. The van der Waals surface area contributed by atoms with E-state index in [1.165, 1.54) is 15.9 Å². The molecular weight excluding hydrogens is 988 g/mol. The molecule has 0 bridgehead atoms. The normalized spacial score (nSPS) is 19.0. The summed E-state index contributed by atoms with van der Waals surface area (Å²) in [5, 5.41) is 17.6. The number of rotatable bonds is 18. The standard InChI is InChI=1S/C54H76N10O8.2ClH/c1-33(55-9)45(65)59-43(53(3,4)5)51(71)63-31-39(27-41(63)49(69)61(11)29-35-20-15-13-16-21-35)57-47(67)37-24-19-25-38(26-37)48(68)58-40-28-42(50(70)62(12)30-36-22-17-14-18-23-36)64(32-40)52(72)44(54(6,7)8)60-46(66)34(2)56-10;;/h13-26,33-34,39-44,55-56H,27-32H2,1-12H3,(H,57,67)(H,58,68)(H,59,65)(H,60,66);2*1H/t33-,34-,39-,40-,41-,42?,43-,44-;;/m0../s1. The Labute approximate surface area is 449 Å². The minimum atomic E-state index is -0.998. The van der Waals surface area contributed by atoms with Crippen molar-refractivity contribution in [1.82, 2.24) is 51.5 Å². The van der Waals surface area contributed by atoms with Crippen LogP contribution in [0.3, 0.4) is 0 Å². The van der Waals surface area contributed by atoms with Gasteiger partial charge in [-0.25, -0.2) is 0 Å². The van der Waals surface area contributed by atoms with Gasteiger partial charge in [0.2, 0.25) is 35.4 Å². The van der Waals surface area contributed by atoms with Crippen molar-refractivity contribution < 1.29 is 38.4 Å². The van der Waals surface area contributed by atoms with Crippen molar-refractivity contribution in [2.45, 2.75) is 130 Å². The maximum Gasteiger partial charge on any atom is 0.251 e. The van der Waals surface area contributed by atoms with Gasteiger partial charge in [-0.15, -0.1) is 24.8 Å². The van der Waals surface area contributed by atoms with E-state index in [1.54, 1.807) is 70.0 Å². The highest BCUT2D eigenvalue weighted by atomic mass is 35.5. The van der Waals surface area contributed by atoms with Crippen LogP contribution in [0, 0.1) is 10.8 Å². The van der Waals surface area contributed by atoms with Gasteiger partial charge in [-0.2, -0.15) is 0 Å². The van der Waals surface area contributed by atoms with Crippen LogP contribution in [0.5, 0.6) is 0 Å². The predicted octanol–water partition coefficient (Wildman–Crippen LogP) is 3.52. The number of hydrogen-bond acceptors (Lipinski definition) is 10. The maximum atomic E-state index is 14.6. The third-order valence-electron chi connectivity index (χ3n) is 13.5. The molecule has 2 aliphatic heterocycles. The first kappa shape index (κ1) is 62.2. The monoisotopic (exact) mass is 1060 g/mol. The van der Waals surface area contributed by atoms with Gasteiger partial charge >= 0.3 is 0 Å². The zero-order chi connectivity index (χ0) is 53.2. The molecule has 0 saturated carbocycles. The highest BCUT2D eigenvalue weighted by Gasteiger charge is 2.48. The molecule has 5 rings (SSSR count). The molecule has 8 amide bonds. The van der Waals surface area contributed by atoms with E-state index in [1.807, 2.05) is 102 Å². The third kappa shape index (κ3) is 16.0. The second kappa shape index (κ2) is 26.9. The summed E-state index contributed by atoms with van der Waals surface area (Å²) < 4.78 is 0. The van der Waals surface area contributed by atoms with Gasteiger partial charge < -0.3 is 51.5 Å². The Morgan fingerprint density at radius 3 is 1.20 bits per heavy atom. The predicted molar refractivity (Wildman–Crippen MR) is 289 cm³/mol. The van der Waals surface area contributed by atoms with Crippen LogP contribution >= 0.6 is 24.8 Å². The molecule has 3 aromatic carbocycles. The smallest absolute Gasteiger partial charge is 0.251 e. The minimum absolute atomic E-state index is 0. The number of nitrogens with zero attached hydrogens (tertiary/aromatic N) is 4. The SMILES string of the molecule is CN[C@@H](C)C(=O)N[C@@H](C(=O)N1C[C@@H](NC(=O)c2cccc(C(=O)N[C@H]3C[C@@H](C(=O)N(C)Cc4ccccc4)N(C(=O)[C@H](NC(=O)[C@H](C)NC)C(C)(C)C)C3)c2)CC1C(=O)N(C)Cc1ccccc1)C(C)(C)C.Cl.Cl. The highest BCUT2D eigenvalue weighted by molar-refractivity contribution is 6.01. The summed E-state index contributed by atoms with van der Waals surface area (Å²) in [5.41, 5.74) is 0.598. The van der Waals surface area contributed by atoms with E-state index in [0.29, 0.717) is 0 Å². The van der Waals surface area contributed by atoms with E-state index in [9.17, 15) is 38.4 Å². The number of benzene rings is 3. The number of likely N-dealkylation sites (N-methyl/N-ethyl adjacent to an activating group) is 4. The molecule has 406 valence electrons. The van der Waals surface area contributed by atoms with Gasteiger partial charge in [0.15, 0.2) is 0 Å². The number of likely N-dealkylation sites (tertiary alicyclic amines) is 2. The molecule has 3 aromatic rings. The molecule has 8 atom stereocenters. The highest BCUT2D eigenvalue weighted by Crippen LogP contribution is 2.30. The molecule has 20 heteroatoms. The third-order valence-corrected chi connectivity index (χ3v) is 13.5. The average molecular weight is 1070 g/mol. The van der Waals surface area contributed by atoms with Crippen LogP contribution in [0.15, 0.2) is 84.9 Å². The molecule has 2 fully saturated rings. The molecule has 6 N–H and O–H groups in total. The zero-order valence-corrected chi connectivity index (χ0v) is 46.4. The Morgan fingerprint density at radius 1 is 0.554 bits per heavy atom. The number of halogens is 2. The van der Waals surface area contributed by atoms with Gasteiger partial charge in [0, 0.05) is 63.5 Å². The quantitative estimate of drug-likeness (QED) is 0.109. The Balaban J connectivity index is 0.00000722. The molecule has 74 heavy (non-hydrogen) atoms. The van der Waals surface area contributed by atoms with Gasteiger partial charge in [0.25, 0.3) is 11.8 Å². The largest absolute Gasteiger partial charge is 0.347 e. The average Bonchev–Trinajstić information content (AvgIpc) is 3.97. The van der Waals surface area contributed by atoms with Crippen molar-refractivity contribution >= 4 is 72.1 Å². The second-order valence-electron chi connectivity index (χ2n) is 21.4. The molecule has 1 unspecified atom stereocenters. The van der Waals surface area contributed by atoms with Crippen molar-refractivity contribution in [2.24, 2.45) is 10.8 Å². The number of carbonyl (C=O) groups excluding carboxylic acids is 8. The van der Waals surface area contributed by atoms with Crippen LogP contribution in [0.2, 0.25) is 0 Å². The van der Waals surface area contributed by atoms with Crippen LogP contribution < -0.4 is 31.9 Å². The lowest BCUT2D eigenvalue weighted by Gasteiger charge is -2.36. The maximum absolute atomic E-state index is 14.6. The summed E-state index contributed by atoms with van der Waals surface area (Å²) in [6, 6.07) is 18.6. The van der Waals surface area contributed by atoms with Crippen molar-refractivity contribution in [1.29, 1.82) is 0 Å². The van der Waals surface area contributed by atoms with Crippen LogP contribution in [0.25, 0.3) is 0 Å². The molecule has 2 saturated heterocycles. The Hall–Kier alpha value is -6.08. The second-order valence-corrected chi connectivity index (χ2v) is 21.4. The van der Waals surface area contributed by atoms with Crippen molar-refractivity contribution in [2.75, 3.05) is 41.3 Å². The Morgan fingerprint density at radius 2 is 0.892 bits per heavy atom. The molecule has 0 aromatic heterocycles. The molecule has 0 radical (unpaired) electrons. The van der Waals surface area contributed by atoms with Crippen molar-refractivity contribution in [3.8, 4) is 0 Å². The van der Waals surface area contributed by atoms with Crippen LogP contribution in [0.1, 0.15) is 100 Å².